The van der Waals surface area contributed by atoms with E-state index in [1.807, 2.05) is 48.2 Å². The smallest absolute Gasteiger partial charge is 0.255 e. The van der Waals surface area contributed by atoms with Crippen LogP contribution in [0.2, 0.25) is 15.1 Å². The van der Waals surface area contributed by atoms with Crippen LogP contribution in [0.25, 0.3) is 0 Å². The average molecular weight is 520 g/mol. The molecule has 0 N–H and O–H groups in total. The molecule has 0 radical (unpaired) electrons. The van der Waals surface area contributed by atoms with E-state index in [9.17, 15) is 4.79 Å². The Morgan fingerprint density at radius 1 is 1.03 bits per heavy atom. The Balaban J connectivity index is 1.50. The first-order chi connectivity index (χ1) is 16.3. The first kappa shape index (κ1) is 24.6. The lowest BCUT2D eigenvalue weighted by Crippen LogP contribution is -2.29. The van der Waals surface area contributed by atoms with Gasteiger partial charge < -0.3 is 14.5 Å². The Morgan fingerprint density at radius 2 is 1.85 bits per heavy atom. The Labute approximate surface area is 214 Å². The van der Waals surface area contributed by atoms with E-state index in [0.29, 0.717) is 46.2 Å². The molecule has 2 atom stereocenters. The summed E-state index contributed by atoms with van der Waals surface area (Å²) in [5.41, 5.74) is 1.63. The van der Waals surface area contributed by atoms with Gasteiger partial charge in [-0.2, -0.15) is 0 Å². The molecule has 1 saturated heterocycles. The van der Waals surface area contributed by atoms with Crippen LogP contribution >= 0.6 is 34.8 Å². The average Bonchev–Trinajstić information content (AvgIpc) is 3.26. The molecule has 178 valence electrons. The van der Waals surface area contributed by atoms with E-state index < -0.39 is 0 Å². The monoisotopic (exact) mass is 518 g/mol. The van der Waals surface area contributed by atoms with Crippen molar-refractivity contribution in [3.05, 3.63) is 81.1 Å². The molecular formula is C25H25Cl3N4O2. The highest BCUT2D eigenvalue weighted by atomic mass is 35.5. The molecule has 0 bridgehead atoms. The molecule has 4 rings (SSSR count). The summed E-state index contributed by atoms with van der Waals surface area (Å²) < 4.78 is 5.83. The van der Waals surface area contributed by atoms with Crippen LogP contribution in [0.4, 0.5) is 5.82 Å². The molecule has 0 spiro atoms. The summed E-state index contributed by atoms with van der Waals surface area (Å²) in [6.45, 7) is 1.66. The minimum atomic E-state index is -0.0364. The summed E-state index contributed by atoms with van der Waals surface area (Å²) in [5.74, 6) is 1.58. The number of hydrogen-bond donors (Lipinski definition) is 0. The van der Waals surface area contributed by atoms with E-state index in [1.54, 1.807) is 30.6 Å². The molecule has 6 nitrogen and oxygen atoms in total. The van der Waals surface area contributed by atoms with Crippen LogP contribution in [0, 0.1) is 5.92 Å². The van der Waals surface area contributed by atoms with Crippen molar-refractivity contribution in [2.24, 2.45) is 5.92 Å². The van der Waals surface area contributed by atoms with E-state index in [-0.39, 0.29) is 17.7 Å². The predicted molar refractivity (Wildman–Crippen MR) is 137 cm³/mol. The van der Waals surface area contributed by atoms with Crippen molar-refractivity contribution in [2.75, 3.05) is 38.7 Å². The predicted octanol–water partition coefficient (Wildman–Crippen LogP) is 5.83. The maximum absolute atomic E-state index is 13.3. The first-order valence-corrected chi connectivity index (χ1v) is 12.1. The Hall–Kier alpha value is -2.54. The molecule has 3 aromatic rings. The van der Waals surface area contributed by atoms with Gasteiger partial charge in [-0.1, -0.05) is 40.9 Å². The molecule has 2 aromatic heterocycles. The van der Waals surface area contributed by atoms with E-state index in [0.717, 1.165) is 17.8 Å². The zero-order valence-electron chi connectivity index (χ0n) is 18.9. The number of likely N-dealkylation sites (tertiary alicyclic amines) is 1. The second-order valence-electron chi connectivity index (χ2n) is 8.50. The van der Waals surface area contributed by atoms with Crippen molar-refractivity contribution in [2.45, 2.75) is 12.3 Å². The van der Waals surface area contributed by atoms with Crippen molar-refractivity contribution >= 4 is 46.5 Å². The van der Waals surface area contributed by atoms with Gasteiger partial charge in [-0.05, 0) is 48.2 Å². The van der Waals surface area contributed by atoms with Gasteiger partial charge in [-0.15, -0.1) is 0 Å². The van der Waals surface area contributed by atoms with Crippen LogP contribution < -0.4 is 9.64 Å². The fraction of sp³-hybridized carbons (Fsp3) is 0.320. The molecular weight excluding hydrogens is 495 g/mol. The van der Waals surface area contributed by atoms with Crippen LogP contribution in [0.5, 0.6) is 5.88 Å². The van der Waals surface area contributed by atoms with Crippen molar-refractivity contribution in [3.63, 3.8) is 0 Å². The molecule has 0 saturated carbocycles. The van der Waals surface area contributed by atoms with Crippen molar-refractivity contribution in [3.8, 4) is 5.88 Å². The quantitative estimate of drug-likeness (QED) is 0.393. The molecule has 34 heavy (non-hydrogen) atoms. The summed E-state index contributed by atoms with van der Waals surface area (Å²) in [4.78, 5) is 25.6. The van der Waals surface area contributed by atoms with Crippen molar-refractivity contribution in [1.29, 1.82) is 0 Å². The maximum Gasteiger partial charge on any atom is 0.255 e. The van der Waals surface area contributed by atoms with Gasteiger partial charge in [0.15, 0.2) is 0 Å². The maximum atomic E-state index is 13.3. The van der Waals surface area contributed by atoms with E-state index >= 15 is 0 Å². The van der Waals surface area contributed by atoms with Crippen molar-refractivity contribution < 1.29 is 9.53 Å². The lowest BCUT2D eigenvalue weighted by Gasteiger charge is -2.19. The van der Waals surface area contributed by atoms with E-state index in [4.69, 9.17) is 39.5 Å². The second kappa shape index (κ2) is 10.8. The van der Waals surface area contributed by atoms with Gasteiger partial charge in [-0.25, -0.2) is 9.97 Å². The van der Waals surface area contributed by atoms with Gasteiger partial charge in [0.25, 0.3) is 5.91 Å². The summed E-state index contributed by atoms with van der Waals surface area (Å²) in [6, 6.07) is 12.8. The number of carbonyl (C=O) groups is 1. The van der Waals surface area contributed by atoms with Gasteiger partial charge in [0.1, 0.15) is 5.82 Å². The molecule has 1 aliphatic rings. The third-order valence-electron chi connectivity index (χ3n) is 5.99. The Kier molecular flexibility index (Phi) is 7.81. The molecule has 0 aliphatic carbocycles. The minimum absolute atomic E-state index is 0.0364. The third-order valence-corrected chi connectivity index (χ3v) is 6.95. The lowest BCUT2D eigenvalue weighted by molar-refractivity contribution is 0.0784. The fourth-order valence-electron chi connectivity index (χ4n) is 4.17. The molecule has 1 aromatic carbocycles. The number of nitrogens with zero attached hydrogens (tertiary/aromatic N) is 4. The summed E-state index contributed by atoms with van der Waals surface area (Å²) in [7, 11) is 3.83. The lowest BCUT2D eigenvalue weighted by atomic mass is 9.87. The highest BCUT2D eigenvalue weighted by molar-refractivity contribution is 6.42. The number of halogens is 3. The van der Waals surface area contributed by atoms with Gasteiger partial charge in [-0.3, -0.25) is 4.79 Å². The topological polar surface area (TPSA) is 58.6 Å². The minimum Gasteiger partial charge on any atom is -0.478 e. The summed E-state index contributed by atoms with van der Waals surface area (Å²) >= 11 is 18.3. The Bertz CT molecular complexity index is 1140. The number of benzene rings is 1. The van der Waals surface area contributed by atoms with Gasteiger partial charge in [0, 0.05) is 51.6 Å². The summed E-state index contributed by atoms with van der Waals surface area (Å²) in [6.07, 6.45) is 3.94. The second-order valence-corrected chi connectivity index (χ2v) is 9.75. The number of pyridine rings is 2. The highest BCUT2D eigenvalue weighted by Gasteiger charge is 2.36. The number of rotatable bonds is 7. The van der Waals surface area contributed by atoms with Crippen LogP contribution in [0.1, 0.15) is 28.3 Å². The number of anilines is 1. The zero-order chi connectivity index (χ0) is 24.2. The number of hydrogen-bond acceptors (Lipinski definition) is 5. The van der Waals surface area contributed by atoms with Crippen molar-refractivity contribution in [1.82, 2.24) is 14.9 Å². The number of amides is 1. The molecule has 3 heterocycles. The molecule has 1 aliphatic heterocycles. The van der Waals surface area contributed by atoms with Crippen LogP contribution in [0.15, 0.2) is 54.9 Å². The number of aromatic nitrogens is 2. The molecule has 1 fully saturated rings. The van der Waals surface area contributed by atoms with E-state index in [1.165, 1.54) is 0 Å². The molecule has 9 heteroatoms. The molecule has 1 amide bonds. The first-order valence-electron chi connectivity index (χ1n) is 10.9. The largest absolute Gasteiger partial charge is 0.478 e. The van der Waals surface area contributed by atoms with Crippen LogP contribution in [-0.2, 0) is 0 Å². The van der Waals surface area contributed by atoms with Gasteiger partial charge in [0.2, 0.25) is 5.88 Å². The van der Waals surface area contributed by atoms with Gasteiger partial charge in [0.05, 0.1) is 27.2 Å². The van der Waals surface area contributed by atoms with Crippen LogP contribution in [-0.4, -0.2) is 54.6 Å². The number of ether oxygens (including phenoxy) is 1. The van der Waals surface area contributed by atoms with E-state index in [2.05, 4.69) is 9.97 Å². The fourth-order valence-corrected chi connectivity index (χ4v) is 4.59. The third kappa shape index (κ3) is 5.74. The highest BCUT2D eigenvalue weighted by Crippen LogP contribution is 2.38. The summed E-state index contributed by atoms with van der Waals surface area (Å²) in [5, 5.41) is 1.58. The number of carbonyl (C=O) groups excluding carboxylic acids is 1. The standard InChI is InChI=1S/C25H25Cl3N4O2/c1-31(2)23-7-4-17(12-29-23)25(33)32-14-18(9-10-34-24-8-5-19(26)13-30-24)20(15-32)16-3-6-21(27)22(28)11-16/h3-8,11-13,18,20H,9-10,14-15H2,1-2H3/t18-,20-/m1/s1. The SMILES string of the molecule is CN(C)c1ccc(C(=O)N2C[C@@H](CCOc3ccc(Cl)cn3)[C@@H](c3ccc(Cl)c(Cl)c3)C2)cn1. The molecule has 0 unspecified atom stereocenters. The van der Waals surface area contributed by atoms with Gasteiger partial charge >= 0.3 is 0 Å². The van der Waals surface area contributed by atoms with Crippen LogP contribution in [0.3, 0.4) is 0 Å². The normalized spacial score (nSPS) is 17.6. The zero-order valence-corrected chi connectivity index (χ0v) is 21.2. The Morgan fingerprint density at radius 3 is 2.50 bits per heavy atom.